The molecular weight excluding hydrogens is 614 g/mol. The summed E-state index contributed by atoms with van der Waals surface area (Å²) in [4.78, 5) is 72.9. The van der Waals surface area contributed by atoms with Gasteiger partial charge < -0.3 is 37.0 Å². The first-order chi connectivity index (χ1) is 22.5. The van der Waals surface area contributed by atoms with Crippen LogP contribution in [-0.2, 0) is 24.0 Å². The summed E-state index contributed by atoms with van der Waals surface area (Å²) in [7, 11) is 1.67. The maximum absolute atomic E-state index is 14.5. The molecule has 0 aromatic rings. The zero-order chi connectivity index (χ0) is 36.2. The van der Waals surface area contributed by atoms with Crippen molar-refractivity contribution in [2.24, 2.45) is 23.0 Å². The van der Waals surface area contributed by atoms with Gasteiger partial charge in [0.1, 0.15) is 24.2 Å². The van der Waals surface area contributed by atoms with Crippen LogP contribution in [0.5, 0.6) is 0 Å². The molecule has 0 bridgehead atoms. The first-order valence-electron chi connectivity index (χ1n) is 18.1. The summed E-state index contributed by atoms with van der Waals surface area (Å²) < 4.78 is 0. The molecule has 2 fully saturated rings. The number of hydrogen-bond donors (Lipinski definition) is 6. The summed E-state index contributed by atoms with van der Waals surface area (Å²) in [6.45, 7) is 14.5. The van der Waals surface area contributed by atoms with Gasteiger partial charge in [0.25, 0.3) is 0 Å². The fourth-order valence-electron chi connectivity index (χ4n) is 6.79. The van der Waals surface area contributed by atoms with Crippen LogP contribution >= 0.6 is 0 Å². The predicted octanol–water partition coefficient (Wildman–Crippen LogP) is 1.27. The fraction of sp³-hybridized carbons (Fsp3) is 0.857. The SMILES string of the molecule is CCCC[C@H]1C(=O)N(C)[C@@H](CC(C)C)C(=O)N[C@@H](C2CCCCC2)C(=O)N[C@@H](CN)C(=O)N[C@@H]([C@H](C)O)C(=O)NCCN1CC(C)(C)C. The zero-order valence-corrected chi connectivity index (χ0v) is 30.8. The number of nitrogens with two attached hydrogens (primary N) is 1. The molecule has 0 spiro atoms. The maximum atomic E-state index is 14.5. The Morgan fingerprint density at radius 2 is 1.54 bits per heavy atom. The highest BCUT2D eigenvalue weighted by atomic mass is 16.3. The van der Waals surface area contributed by atoms with Crippen LogP contribution < -0.4 is 27.0 Å². The summed E-state index contributed by atoms with van der Waals surface area (Å²) in [6, 6.07) is -4.82. The monoisotopic (exact) mass is 679 g/mol. The van der Waals surface area contributed by atoms with Crippen molar-refractivity contribution >= 4 is 29.5 Å². The van der Waals surface area contributed by atoms with Crippen LogP contribution in [0.1, 0.15) is 106 Å². The highest BCUT2D eigenvalue weighted by molar-refractivity contribution is 5.96. The van der Waals surface area contributed by atoms with Crippen LogP contribution in [-0.4, -0.2) is 114 Å². The molecule has 13 nitrogen and oxygen atoms in total. The molecule has 7 N–H and O–H groups in total. The molecule has 13 heteroatoms. The van der Waals surface area contributed by atoms with Crippen LogP contribution in [0.2, 0.25) is 0 Å². The van der Waals surface area contributed by atoms with Gasteiger partial charge in [0.15, 0.2) is 0 Å². The molecular formula is C35H65N7O6. The van der Waals surface area contributed by atoms with Crippen molar-refractivity contribution in [2.75, 3.05) is 33.2 Å². The lowest BCUT2D eigenvalue weighted by molar-refractivity contribution is -0.145. The largest absolute Gasteiger partial charge is 0.391 e. The number of hydrogen-bond acceptors (Lipinski definition) is 8. The molecule has 2 rings (SSSR count). The summed E-state index contributed by atoms with van der Waals surface area (Å²) in [5, 5.41) is 21.6. The fourth-order valence-corrected chi connectivity index (χ4v) is 6.79. The Hall–Kier alpha value is -2.77. The highest BCUT2D eigenvalue weighted by Gasteiger charge is 2.40. The molecule has 1 saturated carbocycles. The lowest BCUT2D eigenvalue weighted by Gasteiger charge is -2.40. The van der Waals surface area contributed by atoms with E-state index < -0.39 is 59.9 Å². The van der Waals surface area contributed by atoms with Crippen molar-refractivity contribution in [3.8, 4) is 0 Å². The van der Waals surface area contributed by atoms with E-state index >= 15 is 0 Å². The quantitative estimate of drug-likeness (QED) is 0.210. The van der Waals surface area contributed by atoms with E-state index in [-0.39, 0.29) is 36.2 Å². The van der Waals surface area contributed by atoms with E-state index in [0.29, 0.717) is 25.9 Å². The Bertz CT molecular complexity index is 1070. The second-order valence-electron chi connectivity index (χ2n) is 15.5. The number of amides is 5. The molecule has 6 atom stereocenters. The topological polar surface area (TPSA) is 186 Å². The molecule has 5 amide bonds. The standard InChI is InChI=1S/C35H65N7O6/c1-9-10-16-26-34(48)41(8)27(19-22(2)3)31(45)40-29(24-14-12-11-13-15-24)33(47)38-25(20-36)30(44)39-28(23(4)43)32(46)37-17-18-42(26)21-35(5,6)7/h22-29,43H,9-21,36H2,1-8H3,(H,37,46)(H,38,47)(H,39,44)(H,40,45)/t23-,25-,26-,27-,28-,29-/m0/s1. The third kappa shape index (κ3) is 12.6. The molecule has 2 aliphatic rings. The van der Waals surface area contributed by atoms with E-state index in [4.69, 9.17) is 5.73 Å². The molecule has 1 saturated heterocycles. The lowest BCUT2D eigenvalue weighted by atomic mass is 9.83. The van der Waals surface area contributed by atoms with Gasteiger partial charge in [-0.1, -0.05) is 73.6 Å². The number of likely N-dealkylation sites (N-methyl/N-ethyl adjacent to an activating group) is 1. The van der Waals surface area contributed by atoms with Crippen molar-refractivity contribution < 1.29 is 29.1 Å². The molecule has 1 aliphatic heterocycles. The third-order valence-corrected chi connectivity index (χ3v) is 9.38. The zero-order valence-electron chi connectivity index (χ0n) is 30.8. The Morgan fingerprint density at radius 3 is 2.08 bits per heavy atom. The molecule has 1 heterocycles. The first-order valence-corrected chi connectivity index (χ1v) is 18.1. The number of aliphatic hydroxyl groups is 1. The minimum absolute atomic E-state index is 0.0815. The van der Waals surface area contributed by atoms with Gasteiger partial charge in [-0.3, -0.25) is 28.9 Å². The summed E-state index contributed by atoms with van der Waals surface area (Å²) in [5.74, 6) is -2.51. The Balaban J connectivity index is 2.66. The Morgan fingerprint density at radius 1 is 0.896 bits per heavy atom. The molecule has 0 aromatic carbocycles. The van der Waals surface area contributed by atoms with Gasteiger partial charge in [0, 0.05) is 33.2 Å². The molecule has 0 aromatic heterocycles. The molecule has 48 heavy (non-hydrogen) atoms. The molecule has 1 aliphatic carbocycles. The summed E-state index contributed by atoms with van der Waals surface area (Å²) in [6.07, 6.45) is 5.71. The van der Waals surface area contributed by atoms with Gasteiger partial charge in [-0.05, 0) is 49.9 Å². The van der Waals surface area contributed by atoms with E-state index in [9.17, 15) is 29.1 Å². The summed E-state index contributed by atoms with van der Waals surface area (Å²) in [5.41, 5.74) is 5.74. The number of aliphatic hydroxyl groups excluding tert-OH is 1. The second kappa shape index (κ2) is 19.4. The average Bonchev–Trinajstić information content (AvgIpc) is 3.01. The van der Waals surface area contributed by atoms with E-state index in [1.165, 1.54) is 6.92 Å². The summed E-state index contributed by atoms with van der Waals surface area (Å²) >= 11 is 0. The van der Waals surface area contributed by atoms with Crippen molar-refractivity contribution in [3.05, 3.63) is 0 Å². The number of carbonyl (C=O) groups is 5. The van der Waals surface area contributed by atoms with E-state index in [1.807, 2.05) is 13.8 Å². The van der Waals surface area contributed by atoms with Crippen molar-refractivity contribution in [1.29, 1.82) is 0 Å². The Kier molecular flexibility index (Phi) is 16.8. The second-order valence-corrected chi connectivity index (χ2v) is 15.5. The number of carbonyl (C=O) groups excluding carboxylic acids is 5. The van der Waals surface area contributed by atoms with Gasteiger partial charge in [-0.2, -0.15) is 0 Å². The van der Waals surface area contributed by atoms with Gasteiger partial charge in [-0.25, -0.2) is 0 Å². The van der Waals surface area contributed by atoms with E-state index in [2.05, 4.69) is 53.9 Å². The molecule has 0 radical (unpaired) electrons. The smallest absolute Gasteiger partial charge is 0.245 e. The van der Waals surface area contributed by atoms with Gasteiger partial charge in [0.2, 0.25) is 29.5 Å². The van der Waals surface area contributed by atoms with Crippen LogP contribution in [0.4, 0.5) is 0 Å². The number of unbranched alkanes of at least 4 members (excludes halogenated alkanes) is 1. The van der Waals surface area contributed by atoms with Gasteiger partial charge in [-0.15, -0.1) is 0 Å². The van der Waals surface area contributed by atoms with Gasteiger partial charge in [0.05, 0.1) is 12.1 Å². The normalized spacial score (nSPS) is 27.9. The third-order valence-electron chi connectivity index (χ3n) is 9.38. The number of nitrogens with one attached hydrogen (secondary N) is 4. The number of nitrogens with zero attached hydrogens (tertiary/aromatic N) is 2. The van der Waals surface area contributed by atoms with Crippen LogP contribution in [0, 0.1) is 17.3 Å². The first kappa shape index (κ1) is 41.4. The molecule has 276 valence electrons. The number of rotatable bonds is 9. The van der Waals surface area contributed by atoms with Crippen molar-refractivity contribution in [3.63, 3.8) is 0 Å². The predicted molar refractivity (Wildman–Crippen MR) is 186 cm³/mol. The average molecular weight is 680 g/mol. The van der Waals surface area contributed by atoms with E-state index in [1.54, 1.807) is 11.9 Å². The molecule has 0 unspecified atom stereocenters. The lowest BCUT2D eigenvalue weighted by Crippen LogP contribution is -2.63. The van der Waals surface area contributed by atoms with Gasteiger partial charge >= 0.3 is 0 Å². The minimum Gasteiger partial charge on any atom is -0.391 e. The van der Waals surface area contributed by atoms with Crippen LogP contribution in [0.3, 0.4) is 0 Å². The van der Waals surface area contributed by atoms with E-state index in [0.717, 1.165) is 44.9 Å². The maximum Gasteiger partial charge on any atom is 0.245 e. The van der Waals surface area contributed by atoms with Crippen molar-refractivity contribution in [2.45, 2.75) is 143 Å². The van der Waals surface area contributed by atoms with Crippen LogP contribution in [0.15, 0.2) is 0 Å². The van der Waals surface area contributed by atoms with Crippen LogP contribution in [0.25, 0.3) is 0 Å². The van der Waals surface area contributed by atoms with Crippen molar-refractivity contribution in [1.82, 2.24) is 31.1 Å². The highest BCUT2D eigenvalue weighted by Crippen LogP contribution is 2.28. The Labute approximate surface area is 288 Å². The minimum atomic E-state index is -1.30.